The summed E-state index contributed by atoms with van der Waals surface area (Å²) in [7, 11) is 4.50. The van der Waals surface area contributed by atoms with E-state index in [1.807, 2.05) is 0 Å². The van der Waals surface area contributed by atoms with Crippen molar-refractivity contribution in [1.82, 2.24) is 10.1 Å². The molecule has 8 heteroatoms. The molecule has 2 aromatic carbocycles. The third kappa shape index (κ3) is 3.84. The van der Waals surface area contributed by atoms with Gasteiger partial charge in [0.05, 0.1) is 21.3 Å². The van der Waals surface area contributed by atoms with Crippen LogP contribution < -0.4 is 19.5 Å². The number of hydrogen-bond acceptors (Lipinski definition) is 7. The summed E-state index contributed by atoms with van der Waals surface area (Å²) in [5, 5.41) is 6.59. The van der Waals surface area contributed by atoms with E-state index in [1.165, 1.54) is 21.3 Å². The number of aryl methyl sites for hydroxylation is 1. The number of nitrogens with zero attached hydrogens (tertiary/aromatic N) is 2. The molecule has 0 atom stereocenters. The lowest BCUT2D eigenvalue weighted by molar-refractivity contribution is 0.102. The van der Waals surface area contributed by atoms with Crippen LogP contribution in [0.1, 0.15) is 16.2 Å². The van der Waals surface area contributed by atoms with Crippen LogP contribution >= 0.6 is 0 Å². The molecule has 1 amide bonds. The molecule has 0 saturated heterocycles. The summed E-state index contributed by atoms with van der Waals surface area (Å²) in [6.07, 6.45) is 0. The fraction of sp³-hybridized carbons (Fsp3) is 0.211. The molecule has 1 N–H and O–H groups in total. The van der Waals surface area contributed by atoms with Crippen LogP contribution in [0.4, 0.5) is 5.69 Å². The molecule has 0 aliphatic heterocycles. The van der Waals surface area contributed by atoms with E-state index < -0.39 is 0 Å². The highest BCUT2D eigenvalue weighted by atomic mass is 16.5. The standard InChI is InChI=1S/C19H19N3O5/c1-11-20-19(27-22-11)12-5-7-14(8-6-12)21-18(23)13-9-15(24-2)17(26-4)16(10-13)25-3/h5-10H,1-4H3,(H,21,23). The molecule has 0 saturated carbocycles. The maximum Gasteiger partial charge on any atom is 0.257 e. The Balaban J connectivity index is 1.81. The first-order valence-corrected chi connectivity index (χ1v) is 8.07. The summed E-state index contributed by atoms with van der Waals surface area (Å²) in [6, 6.07) is 10.3. The van der Waals surface area contributed by atoms with Gasteiger partial charge < -0.3 is 24.1 Å². The zero-order valence-corrected chi connectivity index (χ0v) is 15.4. The Labute approximate surface area is 156 Å². The van der Waals surface area contributed by atoms with Crippen molar-refractivity contribution in [3.05, 3.63) is 47.8 Å². The van der Waals surface area contributed by atoms with Crippen LogP contribution in [0.5, 0.6) is 17.2 Å². The van der Waals surface area contributed by atoms with E-state index in [2.05, 4.69) is 15.5 Å². The van der Waals surface area contributed by atoms with Gasteiger partial charge in [-0.2, -0.15) is 4.98 Å². The summed E-state index contributed by atoms with van der Waals surface area (Å²) in [5.41, 5.74) is 1.76. The van der Waals surface area contributed by atoms with Crippen molar-refractivity contribution in [3.8, 4) is 28.7 Å². The fourth-order valence-corrected chi connectivity index (χ4v) is 2.53. The average molecular weight is 369 g/mol. The quantitative estimate of drug-likeness (QED) is 0.712. The molecule has 8 nitrogen and oxygen atoms in total. The number of carbonyl (C=O) groups is 1. The van der Waals surface area contributed by atoms with Crippen LogP contribution in [-0.2, 0) is 0 Å². The lowest BCUT2D eigenvalue weighted by Crippen LogP contribution is -2.12. The first-order valence-electron chi connectivity index (χ1n) is 8.07. The minimum Gasteiger partial charge on any atom is -0.493 e. The van der Waals surface area contributed by atoms with Gasteiger partial charge in [0, 0.05) is 16.8 Å². The highest BCUT2D eigenvalue weighted by molar-refractivity contribution is 6.05. The predicted molar refractivity (Wildman–Crippen MR) is 98.5 cm³/mol. The Morgan fingerprint density at radius 3 is 2.11 bits per heavy atom. The summed E-state index contributed by atoms with van der Waals surface area (Å²) in [6.45, 7) is 1.75. The van der Waals surface area contributed by atoms with Gasteiger partial charge in [-0.15, -0.1) is 0 Å². The molecule has 27 heavy (non-hydrogen) atoms. The highest BCUT2D eigenvalue weighted by Crippen LogP contribution is 2.38. The van der Waals surface area contributed by atoms with E-state index in [1.54, 1.807) is 43.3 Å². The number of anilines is 1. The van der Waals surface area contributed by atoms with Gasteiger partial charge in [-0.05, 0) is 43.3 Å². The van der Waals surface area contributed by atoms with Crippen molar-refractivity contribution < 1.29 is 23.5 Å². The predicted octanol–water partition coefficient (Wildman–Crippen LogP) is 3.32. The molecule has 0 spiro atoms. The summed E-state index contributed by atoms with van der Waals surface area (Å²) in [4.78, 5) is 16.8. The van der Waals surface area contributed by atoms with Crippen LogP contribution in [0.25, 0.3) is 11.5 Å². The van der Waals surface area contributed by atoms with Crippen LogP contribution in [0, 0.1) is 6.92 Å². The highest BCUT2D eigenvalue weighted by Gasteiger charge is 2.17. The molecule has 1 aromatic heterocycles. The van der Waals surface area contributed by atoms with E-state index in [0.29, 0.717) is 40.2 Å². The number of ether oxygens (including phenoxy) is 3. The summed E-state index contributed by atoms with van der Waals surface area (Å²) < 4.78 is 20.9. The van der Waals surface area contributed by atoms with Crippen LogP contribution in [0.3, 0.4) is 0 Å². The maximum atomic E-state index is 12.6. The lowest BCUT2D eigenvalue weighted by atomic mass is 10.1. The molecular weight excluding hydrogens is 350 g/mol. The van der Waals surface area contributed by atoms with Crippen molar-refractivity contribution in [1.29, 1.82) is 0 Å². The van der Waals surface area contributed by atoms with Crippen molar-refractivity contribution in [2.45, 2.75) is 6.92 Å². The Kier molecular flexibility index (Phi) is 5.25. The number of carbonyl (C=O) groups excluding carboxylic acids is 1. The first kappa shape index (κ1) is 18.2. The lowest BCUT2D eigenvalue weighted by Gasteiger charge is -2.14. The Morgan fingerprint density at radius 1 is 1.00 bits per heavy atom. The number of hydrogen-bond donors (Lipinski definition) is 1. The number of aromatic nitrogens is 2. The van der Waals surface area contributed by atoms with Crippen molar-refractivity contribution in [2.75, 3.05) is 26.6 Å². The molecule has 0 unspecified atom stereocenters. The molecule has 0 fully saturated rings. The number of nitrogens with one attached hydrogen (secondary N) is 1. The second-order valence-corrected chi connectivity index (χ2v) is 5.59. The number of amides is 1. The van der Waals surface area contributed by atoms with Gasteiger partial charge in [0.15, 0.2) is 17.3 Å². The fourth-order valence-electron chi connectivity index (χ4n) is 2.53. The molecule has 0 aliphatic carbocycles. The Morgan fingerprint density at radius 2 is 1.63 bits per heavy atom. The molecule has 0 bridgehead atoms. The minimum absolute atomic E-state index is 0.310. The van der Waals surface area contributed by atoms with Crippen LogP contribution in [0.2, 0.25) is 0 Å². The molecule has 140 valence electrons. The van der Waals surface area contributed by atoms with Crippen molar-refractivity contribution in [3.63, 3.8) is 0 Å². The Hall–Kier alpha value is -3.55. The third-order valence-corrected chi connectivity index (χ3v) is 3.84. The summed E-state index contributed by atoms with van der Waals surface area (Å²) >= 11 is 0. The SMILES string of the molecule is COc1cc(C(=O)Nc2ccc(-c3nc(C)no3)cc2)cc(OC)c1OC. The van der Waals surface area contributed by atoms with Gasteiger partial charge in [-0.1, -0.05) is 5.16 Å². The van der Waals surface area contributed by atoms with Gasteiger partial charge in [-0.3, -0.25) is 4.79 Å². The molecular formula is C19H19N3O5. The molecule has 1 heterocycles. The minimum atomic E-state index is -0.310. The average Bonchev–Trinajstić information content (AvgIpc) is 3.13. The van der Waals surface area contributed by atoms with Gasteiger partial charge in [0.1, 0.15) is 0 Å². The largest absolute Gasteiger partial charge is 0.493 e. The van der Waals surface area contributed by atoms with Crippen molar-refractivity contribution in [2.24, 2.45) is 0 Å². The van der Waals surface area contributed by atoms with Crippen LogP contribution in [-0.4, -0.2) is 37.4 Å². The van der Waals surface area contributed by atoms with E-state index in [9.17, 15) is 4.79 Å². The summed E-state index contributed by atoms with van der Waals surface area (Å²) in [5.74, 6) is 1.92. The van der Waals surface area contributed by atoms with Crippen molar-refractivity contribution >= 4 is 11.6 Å². The smallest absolute Gasteiger partial charge is 0.257 e. The molecule has 0 aliphatic rings. The topological polar surface area (TPSA) is 95.7 Å². The van der Waals surface area contributed by atoms with Gasteiger partial charge in [-0.25, -0.2) is 0 Å². The molecule has 3 rings (SSSR count). The second-order valence-electron chi connectivity index (χ2n) is 5.59. The second kappa shape index (κ2) is 7.77. The number of benzene rings is 2. The monoisotopic (exact) mass is 369 g/mol. The number of rotatable bonds is 6. The van der Waals surface area contributed by atoms with Gasteiger partial charge in [0.2, 0.25) is 5.75 Å². The zero-order valence-electron chi connectivity index (χ0n) is 15.4. The van der Waals surface area contributed by atoms with E-state index >= 15 is 0 Å². The van der Waals surface area contributed by atoms with E-state index in [0.717, 1.165) is 5.56 Å². The number of methoxy groups -OCH3 is 3. The van der Waals surface area contributed by atoms with Crippen LogP contribution in [0.15, 0.2) is 40.9 Å². The third-order valence-electron chi connectivity index (χ3n) is 3.84. The first-order chi connectivity index (χ1) is 13.0. The molecule has 3 aromatic rings. The maximum absolute atomic E-state index is 12.6. The van der Waals surface area contributed by atoms with Gasteiger partial charge >= 0.3 is 0 Å². The normalized spacial score (nSPS) is 10.4. The van der Waals surface area contributed by atoms with E-state index in [-0.39, 0.29) is 5.91 Å². The zero-order chi connectivity index (χ0) is 19.4. The van der Waals surface area contributed by atoms with Gasteiger partial charge in [0.25, 0.3) is 11.8 Å². The Bertz CT molecular complexity index is 925. The molecule has 0 radical (unpaired) electrons. The van der Waals surface area contributed by atoms with E-state index in [4.69, 9.17) is 18.7 Å².